The number of ether oxygens (including phenoxy) is 3. The molecule has 0 radical (unpaired) electrons. The Kier molecular flexibility index (Phi) is 4.15. The molecule has 0 aliphatic rings. The van der Waals surface area contributed by atoms with Gasteiger partial charge in [0.05, 0.1) is 38.9 Å². The van der Waals surface area contributed by atoms with Gasteiger partial charge in [0.1, 0.15) is 17.2 Å². The standard InChI is InChI=1S/C13H14N2O4/c1-17-10-3-11(18-2)5-12(4-10)19-13-7-14-6-9(8-16)15-13/h3-7,16H,8H2,1-2H3. The summed E-state index contributed by atoms with van der Waals surface area (Å²) < 4.78 is 15.8. The average Bonchev–Trinajstić information content (AvgIpc) is 2.47. The van der Waals surface area contributed by atoms with E-state index in [1.54, 1.807) is 32.4 Å². The van der Waals surface area contributed by atoms with Crippen molar-refractivity contribution < 1.29 is 19.3 Å². The highest BCUT2D eigenvalue weighted by Gasteiger charge is 2.06. The molecule has 0 unspecified atom stereocenters. The van der Waals surface area contributed by atoms with Crippen molar-refractivity contribution in [1.82, 2.24) is 9.97 Å². The Morgan fingerprint density at radius 1 is 1.00 bits per heavy atom. The van der Waals surface area contributed by atoms with Gasteiger partial charge in [0.15, 0.2) is 0 Å². The Bertz CT molecular complexity index is 538. The van der Waals surface area contributed by atoms with E-state index in [4.69, 9.17) is 19.3 Å². The Morgan fingerprint density at radius 3 is 2.21 bits per heavy atom. The highest BCUT2D eigenvalue weighted by Crippen LogP contribution is 2.29. The Balaban J connectivity index is 2.26. The van der Waals surface area contributed by atoms with Crippen LogP contribution in [0.1, 0.15) is 5.69 Å². The van der Waals surface area contributed by atoms with Gasteiger partial charge < -0.3 is 19.3 Å². The van der Waals surface area contributed by atoms with Crippen molar-refractivity contribution in [2.75, 3.05) is 14.2 Å². The normalized spacial score (nSPS) is 10.1. The zero-order chi connectivity index (χ0) is 13.7. The first-order valence-electron chi connectivity index (χ1n) is 5.58. The molecule has 2 aromatic rings. The molecular weight excluding hydrogens is 248 g/mol. The molecule has 0 aliphatic heterocycles. The van der Waals surface area contributed by atoms with Gasteiger partial charge >= 0.3 is 0 Å². The van der Waals surface area contributed by atoms with E-state index >= 15 is 0 Å². The van der Waals surface area contributed by atoms with E-state index in [0.717, 1.165) is 0 Å². The topological polar surface area (TPSA) is 73.7 Å². The van der Waals surface area contributed by atoms with Crippen molar-refractivity contribution in [1.29, 1.82) is 0 Å². The van der Waals surface area contributed by atoms with Crippen LogP contribution in [0.3, 0.4) is 0 Å². The van der Waals surface area contributed by atoms with Crippen LogP contribution in [0.2, 0.25) is 0 Å². The van der Waals surface area contributed by atoms with E-state index in [9.17, 15) is 0 Å². The average molecular weight is 262 g/mol. The number of aliphatic hydroxyl groups is 1. The van der Waals surface area contributed by atoms with Gasteiger partial charge in [0, 0.05) is 18.2 Å². The fraction of sp³-hybridized carbons (Fsp3) is 0.231. The second kappa shape index (κ2) is 6.01. The van der Waals surface area contributed by atoms with Crippen LogP contribution in [0.4, 0.5) is 0 Å². The van der Waals surface area contributed by atoms with Crippen LogP contribution < -0.4 is 14.2 Å². The summed E-state index contributed by atoms with van der Waals surface area (Å²) in [6.45, 7) is -0.189. The predicted molar refractivity (Wildman–Crippen MR) is 67.6 cm³/mol. The number of rotatable bonds is 5. The van der Waals surface area contributed by atoms with Crippen LogP contribution in [0.25, 0.3) is 0 Å². The summed E-state index contributed by atoms with van der Waals surface area (Å²) in [5.74, 6) is 2.03. The summed E-state index contributed by atoms with van der Waals surface area (Å²) >= 11 is 0. The second-order valence-electron chi connectivity index (χ2n) is 3.66. The highest BCUT2D eigenvalue weighted by atomic mass is 16.5. The van der Waals surface area contributed by atoms with E-state index in [-0.39, 0.29) is 6.61 Å². The molecule has 1 aromatic heterocycles. The predicted octanol–water partition coefficient (Wildman–Crippen LogP) is 1.78. The lowest BCUT2D eigenvalue weighted by Crippen LogP contribution is -1.95. The van der Waals surface area contributed by atoms with E-state index < -0.39 is 0 Å². The van der Waals surface area contributed by atoms with Crippen molar-refractivity contribution in [2.45, 2.75) is 6.61 Å². The summed E-state index contributed by atoms with van der Waals surface area (Å²) in [6.07, 6.45) is 2.93. The Labute approximate surface area is 110 Å². The van der Waals surface area contributed by atoms with Gasteiger partial charge in [0.25, 0.3) is 0 Å². The first-order valence-corrected chi connectivity index (χ1v) is 5.58. The number of hydrogen-bond donors (Lipinski definition) is 1. The fourth-order valence-electron chi connectivity index (χ4n) is 1.47. The number of aliphatic hydroxyl groups excluding tert-OH is 1. The lowest BCUT2D eigenvalue weighted by atomic mass is 10.3. The number of methoxy groups -OCH3 is 2. The smallest absolute Gasteiger partial charge is 0.238 e. The Morgan fingerprint density at radius 2 is 1.63 bits per heavy atom. The molecule has 0 atom stereocenters. The van der Waals surface area contributed by atoms with Crippen LogP contribution in [0, 0.1) is 0 Å². The lowest BCUT2D eigenvalue weighted by Gasteiger charge is -2.09. The summed E-state index contributed by atoms with van der Waals surface area (Å²) in [4.78, 5) is 8.01. The SMILES string of the molecule is COc1cc(OC)cc(Oc2cncc(CO)n2)c1. The molecule has 2 rings (SSSR count). The van der Waals surface area contributed by atoms with Crippen molar-refractivity contribution in [3.05, 3.63) is 36.3 Å². The van der Waals surface area contributed by atoms with Crippen molar-refractivity contribution in [3.8, 4) is 23.1 Å². The number of aromatic nitrogens is 2. The molecule has 6 nitrogen and oxygen atoms in total. The summed E-state index contributed by atoms with van der Waals surface area (Å²) in [7, 11) is 3.12. The van der Waals surface area contributed by atoms with Crippen molar-refractivity contribution in [2.24, 2.45) is 0 Å². The minimum Gasteiger partial charge on any atom is -0.496 e. The molecule has 0 aliphatic carbocycles. The van der Waals surface area contributed by atoms with Crippen LogP contribution in [-0.4, -0.2) is 29.3 Å². The van der Waals surface area contributed by atoms with Crippen LogP contribution in [-0.2, 0) is 6.61 Å². The minimum atomic E-state index is -0.189. The summed E-state index contributed by atoms with van der Waals surface area (Å²) in [5.41, 5.74) is 0.437. The first-order chi connectivity index (χ1) is 9.25. The van der Waals surface area contributed by atoms with Gasteiger partial charge in [-0.05, 0) is 0 Å². The maximum absolute atomic E-state index is 8.99. The first kappa shape index (κ1) is 13.1. The number of hydrogen-bond acceptors (Lipinski definition) is 6. The van der Waals surface area contributed by atoms with E-state index in [0.29, 0.717) is 28.8 Å². The second-order valence-corrected chi connectivity index (χ2v) is 3.66. The van der Waals surface area contributed by atoms with Crippen LogP contribution >= 0.6 is 0 Å². The molecule has 1 heterocycles. The van der Waals surface area contributed by atoms with Crippen molar-refractivity contribution in [3.63, 3.8) is 0 Å². The third-order valence-electron chi connectivity index (χ3n) is 2.37. The van der Waals surface area contributed by atoms with Gasteiger partial charge in [-0.1, -0.05) is 0 Å². The quantitative estimate of drug-likeness (QED) is 0.885. The molecule has 0 spiro atoms. The minimum absolute atomic E-state index is 0.189. The molecule has 19 heavy (non-hydrogen) atoms. The van der Waals surface area contributed by atoms with Gasteiger partial charge in [-0.2, -0.15) is 0 Å². The zero-order valence-electron chi connectivity index (χ0n) is 10.7. The third-order valence-corrected chi connectivity index (χ3v) is 2.37. The fourth-order valence-corrected chi connectivity index (χ4v) is 1.47. The lowest BCUT2D eigenvalue weighted by molar-refractivity contribution is 0.274. The van der Waals surface area contributed by atoms with Gasteiger partial charge in [-0.3, -0.25) is 4.98 Å². The molecular formula is C13H14N2O4. The van der Waals surface area contributed by atoms with Crippen LogP contribution in [0.15, 0.2) is 30.6 Å². The van der Waals surface area contributed by atoms with E-state index in [2.05, 4.69) is 9.97 Å². The molecule has 100 valence electrons. The molecule has 1 aromatic carbocycles. The third kappa shape index (κ3) is 3.32. The summed E-state index contributed by atoms with van der Waals surface area (Å²) in [5, 5.41) is 8.99. The summed E-state index contributed by atoms with van der Waals surface area (Å²) in [6, 6.07) is 5.15. The van der Waals surface area contributed by atoms with E-state index in [1.165, 1.54) is 12.4 Å². The molecule has 0 fully saturated rings. The maximum atomic E-state index is 8.99. The van der Waals surface area contributed by atoms with Gasteiger partial charge in [0.2, 0.25) is 5.88 Å². The maximum Gasteiger partial charge on any atom is 0.238 e. The molecule has 0 saturated carbocycles. The molecule has 0 saturated heterocycles. The monoisotopic (exact) mass is 262 g/mol. The van der Waals surface area contributed by atoms with Gasteiger partial charge in [-0.25, -0.2) is 4.98 Å². The molecule has 0 amide bonds. The van der Waals surface area contributed by atoms with E-state index in [1.807, 2.05) is 0 Å². The highest BCUT2D eigenvalue weighted by molar-refractivity contribution is 5.43. The largest absolute Gasteiger partial charge is 0.496 e. The number of nitrogens with zero attached hydrogens (tertiary/aromatic N) is 2. The van der Waals surface area contributed by atoms with Crippen LogP contribution in [0.5, 0.6) is 23.1 Å². The molecule has 6 heteroatoms. The molecule has 0 bridgehead atoms. The zero-order valence-corrected chi connectivity index (χ0v) is 10.7. The van der Waals surface area contributed by atoms with Crippen molar-refractivity contribution >= 4 is 0 Å². The number of benzene rings is 1. The van der Waals surface area contributed by atoms with Gasteiger partial charge in [-0.15, -0.1) is 0 Å². The Hall–Kier alpha value is -2.34. The molecule has 1 N–H and O–H groups in total.